The van der Waals surface area contributed by atoms with Crippen molar-refractivity contribution in [2.45, 2.75) is 40.2 Å². The van der Waals surface area contributed by atoms with Gasteiger partial charge in [-0.25, -0.2) is 0 Å². The lowest BCUT2D eigenvalue weighted by Crippen LogP contribution is -2.44. The van der Waals surface area contributed by atoms with E-state index in [1.807, 2.05) is 19.1 Å². The van der Waals surface area contributed by atoms with Gasteiger partial charge in [-0.1, -0.05) is 26.0 Å². The Morgan fingerprint density at radius 1 is 1.10 bits per heavy atom. The third kappa shape index (κ3) is 5.03. The predicted molar refractivity (Wildman–Crippen MR) is 80.6 cm³/mol. The van der Waals surface area contributed by atoms with Crippen molar-refractivity contribution in [1.82, 2.24) is 10.6 Å². The SMILES string of the molecule is CCNC(=O)[C@@H](C)NC(=O)c1ccc(CC(C)C)cc1. The molecule has 0 radical (unpaired) electrons. The topological polar surface area (TPSA) is 58.2 Å². The highest BCUT2D eigenvalue weighted by Gasteiger charge is 2.15. The molecular formula is C16H24N2O2. The van der Waals surface area contributed by atoms with Crippen LogP contribution in [0.15, 0.2) is 24.3 Å². The zero-order chi connectivity index (χ0) is 15.1. The summed E-state index contributed by atoms with van der Waals surface area (Å²) in [6, 6.07) is 7.00. The van der Waals surface area contributed by atoms with E-state index in [2.05, 4.69) is 24.5 Å². The molecule has 0 saturated carbocycles. The average molecular weight is 276 g/mol. The molecular weight excluding hydrogens is 252 g/mol. The summed E-state index contributed by atoms with van der Waals surface area (Å²) in [6.07, 6.45) is 0.997. The Balaban J connectivity index is 2.61. The molecule has 1 atom stereocenters. The van der Waals surface area contributed by atoms with Crippen LogP contribution in [0.1, 0.15) is 43.6 Å². The van der Waals surface area contributed by atoms with Gasteiger partial charge in [0.15, 0.2) is 0 Å². The van der Waals surface area contributed by atoms with Crippen LogP contribution < -0.4 is 10.6 Å². The zero-order valence-corrected chi connectivity index (χ0v) is 12.7. The summed E-state index contributed by atoms with van der Waals surface area (Å²) in [4.78, 5) is 23.6. The molecule has 0 fully saturated rings. The molecule has 0 spiro atoms. The van der Waals surface area contributed by atoms with Crippen LogP contribution in [-0.4, -0.2) is 24.4 Å². The second-order valence-electron chi connectivity index (χ2n) is 5.38. The Morgan fingerprint density at radius 2 is 1.70 bits per heavy atom. The molecule has 4 nitrogen and oxygen atoms in total. The second kappa shape index (κ2) is 7.68. The fourth-order valence-corrected chi connectivity index (χ4v) is 1.94. The summed E-state index contributed by atoms with van der Waals surface area (Å²) in [5.74, 6) is 0.199. The van der Waals surface area contributed by atoms with E-state index < -0.39 is 6.04 Å². The van der Waals surface area contributed by atoms with Crippen molar-refractivity contribution in [3.05, 3.63) is 35.4 Å². The third-order valence-electron chi connectivity index (χ3n) is 2.95. The number of amides is 2. The summed E-state index contributed by atoms with van der Waals surface area (Å²) in [6.45, 7) is 8.40. The van der Waals surface area contributed by atoms with Crippen LogP contribution in [0.2, 0.25) is 0 Å². The summed E-state index contributed by atoms with van der Waals surface area (Å²) >= 11 is 0. The summed E-state index contributed by atoms with van der Waals surface area (Å²) in [5, 5.41) is 5.37. The van der Waals surface area contributed by atoms with E-state index in [1.54, 1.807) is 19.1 Å². The van der Waals surface area contributed by atoms with Gasteiger partial charge in [-0.3, -0.25) is 9.59 Å². The van der Waals surface area contributed by atoms with Crippen LogP contribution in [-0.2, 0) is 11.2 Å². The Morgan fingerprint density at radius 3 is 2.20 bits per heavy atom. The Kier molecular flexibility index (Phi) is 6.22. The van der Waals surface area contributed by atoms with Crippen LogP contribution in [0.3, 0.4) is 0 Å². The van der Waals surface area contributed by atoms with E-state index in [0.29, 0.717) is 18.0 Å². The Hall–Kier alpha value is -1.84. The van der Waals surface area contributed by atoms with Crippen molar-refractivity contribution in [1.29, 1.82) is 0 Å². The smallest absolute Gasteiger partial charge is 0.251 e. The molecule has 1 aromatic carbocycles. The number of benzene rings is 1. The number of nitrogens with one attached hydrogen (secondary N) is 2. The summed E-state index contributed by atoms with van der Waals surface area (Å²) in [7, 11) is 0. The maximum Gasteiger partial charge on any atom is 0.251 e. The average Bonchev–Trinajstić information content (AvgIpc) is 2.39. The molecule has 0 saturated heterocycles. The van der Waals surface area contributed by atoms with Crippen molar-refractivity contribution >= 4 is 11.8 Å². The second-order valence-corrected chi connectivity index (χ2v) is 5.38. The molecule has 2 N–H and O–H groups in total. The van der Waals surface area contributed by atoms with E-state index in [1.165, 1.54) is 5.56 Å². The van der Waals surface area contributed by atoms with Crippen LogP contribution in [0.4, 0.5) is 0 Å². The van der Waals surface area contributed by atoms with Gasteiger partial charge in [0.1, 0.15) is 6.04 Å². The summed E-state index contributed by atoms with van der Waals surface area (Å²) < 4.78 is 0. The van der Waals surface area contributed by atoms with Gasteiger partial charge >= 0.3 is 0 Å². The lowest BCUT2D eigenvalue weighted by Gasteiger charge is -2.13. The number of likely N-dealkylation sites (N-methyl/N-ethyl adjacent to an activating group) is 1. The number of rotatable bonds is 6. The van der Waals surface area contributed by atoms with E-state index >= 15 is 0 Å². The highest BCUT2D eigenvalue weighted by molar-refractivity contribution is 5.97. The zero-order valence-electron chi connectivity index (χ0n) is 12.7. The minimum atomic E-state index is -0.530. The van der Waals surface area contributed by atoms with E-state index in [4.69, 9.17) is 0 Å². The largest absolute Gasteiger partial charge is 0.355 e. The molecule has 1 aromatic rings. The molecule has 0 aliphatic carbocycles. The van der Waals surface area contributed by atoms with Crippen LogP contribution in [0, 0.1) is 5.92 Å². The first-order chi connectivity index (χ1) is 9.43. The van der Waals surface area contributed by atoms with Gasteiger partial charge in [-0.15, -0.1) is 0 Å². The van der Waals surface area contributed by atoms with Crippen molar-refractivity contribution in [2.75, 3.05) is 6.54 Å². The predicted octanol–water partition coefficient (Wildman–Crippen LogP) is 2.14. The highest BCUT2D eigenvalue weighted by Crippen LogP contribution is 2.10. The highest BCUT2D eigenvalue weighted by atomic mass is 16.2. The molecule has 20 heavy (non-hydrogen) atoms. The van der Waals surface area contributed by atoms with Gasteiger partial charge in [0.05, 0.1) is 0 Å². The van der Waals surface area contributed by atoms with Crippen molar-refractivity contribution < 1.29 is 9.59 Å². The lowest BCUT2D eigenvalue weighted by molar-refractivity contribution is -0.122. The van der Waals surface area contributed by atoms with Gasteiger partial charge in [-0.2, -0.15) is 0 Å². The van der Waals surface area contributed by atoms with Crippen LogP contribution >= 0.6 is 0 Å². The number of carbonyl (C=O) groups excluding carboxylic acids is 2. The van der Waals surface area contributed by atoms with Gasteiger partial charge in [0.2, 0.25) is 5.91 Å². The molecule has 2 amide bonds. The Bertz CT molecular complexity index is 452. The van der Waals surface area contributed by atoms with Gasteiger partial charge in [0, 0.05) is 12.1 Å². The monoisotopic (exact) mass is 276 g/mol. The molecule has 0 heterocycles. The molecule has 0 bridgehead atoms. The van der Waals surface area contributed by atoms with Gasteiger partial charge in [0.25, 0.3) is 5.91 Å². The quantitative estimate of drug-likeness (QED) is 0.836. The minimum absolute atomic E-state index is 0.169. The van der Waals surface area contributed by atoms with Crippen LogP contribution in [0.5, 0.6) is 0 Å². The Labute approximate surface area is 121 Å². The minimum Gasteiger partial charge on any atom is -0.355 e. The number of carbonyl (C=O) groups is 2. The maximum atomic E-state index is 12.0. The van der Waals surface area contributed by atoms with Crippen molar-refractivity contribution in [3.8, 4) is 0 Å². The summed E-state index contributed by atoms with van der Waals surface area (Å²) in [5.41, 5.74) is 1.79. The molecule has 0 aliphatic rings. The molecule has 4 heteroatoms. The van der Waals surface area contributed by atoms with E-state index in [9.17, 15) is 9.59 Å². The van der Waals surface area contributed by atoms with Gasteiger partial charge < -0.3 is 10.6 Å². The van der Waals surface area contributed by atoms with Crippen molar-refractivity contribution in [2.24, 2.45) is 5.92 Å². The van der Waals surface area contributed by atoms with E-state index in [0.717, 1.165) is 6.42 Å². The van der Waals surface area contributed by atoms with E-state index in [-0.39, 0.29) is 11.8 Å². The molecule has 110 valence electrons. The first-order valence-corrected chi connectivity index (χ1v) is 7.11. The first-order valence-electron chi connectivity index (χ1n) is 7.11. The molecule has 1 rings (SSSR count). The molecule has 0 aliphatic heterocycles. The fourth-order valence-electron chi connectivity index (χ4n) is 1.94. The molecule has 0 unspecified atom stereocenters. The number of hydrogen-bond donors (Lipinski definition) is 2. The lowest BCUT2D eigenvalue weighted by atomic mass is 10.0. The van der Waals surface area contributed by atoms with Crippen LogP contribution in [0.25, 0.3) is 0 Å². The fraction of sp³-hybridized carbons (Fsp3) is 0.500. The maximum absolute atomic E-state index is 12.0. The number of hydrogen-bond acceptors (Lipinski definition) is 2. The first kappa shape index (κ1) is 16.2. The van der Waals surface area contributed by atoms with Crippen molar-refractivity contribution in [3.63, 3.8) is 0 Å². The normalized spacial score (nSPS) is 12.1. The molecule has 0 aromatic heterocycles. The van der Waals surface area contributed by atoms with Gasteiger partial charge in [-0.05, 0) is 43.9 Å². The standard InChI is InChI=1S/C16H24N2O2/c1-5-17-15(19)12(4)18-16(20)14-8-6-13(7-9-14)10-11(2)3/h6-9,11-12H,5,10H2,1-4H3,(H,17,19)(H,18,20)/t12-/m1/s1. The third-order valence-corrected chi connectivity index (χ3v) is 2.95.